The molecule has 1 unspecified atom stereocenters. The Balaban J connectivity index is 1.27. The summed E-state index contributed by atoms with van der Waals surface area (Å²) in [5, 5.41) is 13.6. The molecule has 0 saturated heterocycles. The minimum absolute atomic E-state index is 0.0331. The van der Waals surface area contributed by atoms with Crippen LogP contribution < -0.4 is 5.32 Å². The van der Waals surface area contributed by atoms with Crippen LogP contribution in [0.4, 0.5) is 0 Å². The number of carboxylic acids is 1. The normalized spacial score (nSPS) is 12.3. The highest BCUT2D eigenvalue weighted by molar-refractivity contribution is 5.97. The molecule has 0 aliphatic heterocycles. The number of fused-ring (bicyclic) bond motifs is 1. The fourth-order valence-corrected chi connectivity index (χ4v) is 4.76. The molecular formula is C33H32N4O3. The van der Waals surface area contributed by atoms with Gasteiger partial charge < -0.3 is 15.0 Å². The Morgan fingerprint density at radius 2 is 1.57 bits per heavy atom. The molecule has 2 N–H and O–H groups in total. The van der Waals surface area contributed by atoms with E-state index in [9.17, 15) is 14.7 Å². The van der Waals surface area contributed by atoms with Crippen molar-refractivity contribution in [2.45, 2.75) is 38.6 Å². The van der Waals surface area contributed by atoms with E-state index in [1.807, 2.05) is 68.1 Å². The molecule has 0 bridgehead atoms. The molecule has 0 fully saturated rings. The van der Waals surface area contributed by atoms with Crippen LogP contribution in [0.25, 0.3) is 33.4 Å². The van der Waals surface area contributed by atoms with Crippen LogP contribution in [0.2, 0.25) is 0 Å². The first-order valence-corrected chi connectivity index (χ1v) is 13.2. The molecule has 5 rings (SSSR count). The van der Waals surface area contributed by atoms with Crippen LogP contribution in [0.5, 0.6) is 0 Å². The number of aliphatic carboxylic acids is 1. The monoisotopic (exact) mass is 532 g/mol. The molecule has 202 valence electrons. The lowest BCUT2D eigenvalue weighted by Gasteiger charge is -2.19. The van der Waals surface area contributed by atoms with Crippen molar-refractivity contribution in [2.24, 2.45) is 7.05 Å². The van der Waals surface area contributed by atoms with Gasteiger partial charge in [-0.25, -0.2) is 14.8 Å². The van der Waals surface area contributed by atoms with E-state index in [0.29, 0.717) is 11.4 Å². The minimum atomic E-state index is -1.09. The summed E-state index contributed by atoms with van der Waals surface area (Å²) >= 11 is 0. The third-order valence-electron chi connectivity index (χ3n) is 7.16. The zero-order valence-corrected chi connectivity index (χ0v) is 23.1. The van der Waals surface area contributed by atoms with Gasteiger partial charge in [-0.2, -0.15) is 0 Å². The molecule has 1 amide bonds. The third kappa shape index (κ3) is 5.64. The first-order chi connectivity index (χ1) is 19.1. The molecule has 3 aromatic carbocycles. The lowest BCUT2D eigenvalue weighted by molar-refractivity contribution is -0.139. The Bertz CT molecular complexity index is 1660. The highest BCUT2D eigenvalue weighted by Crippen LogP contribution is 2.29. The number of carbonyl (C=O) groups excluding carboxylic acids is 1. The number of rotatable bonds is 7. The van der Waals surface area contributed by atoms with Crippen LogP contribution in [0, 0.1) is 0 Å². The first-order valence-electron chi connectivity index (χ1n) is 13.2. The second-order valence-corrected chi connectivity index (χ2v) is 11.1. The van der Waals surface area contributed by atoms with Gasteiger partial charge in [-0.1, -0.05) is 69.3 Å². The van der Waals surface area contributed by atoms with E-state index in [2.05, 4.69) is 58.8 Å². The molecule has 0 aliphatic rings. The summed E-state index contributed by atoms with van der Waals surface area (Å²) in [7, 11) is 2.02. The van der Waals surface area contributed by atoms with Crippen molar-refractivity contribution in [2.75, 3.05) is 0 Å². The van der Waals surface area contributed by atoms with Crippen molar-refractivity contribution < 1.29 is 14.7 Å². The van der Waals surface area contributed by atoms with Gasteiger partial charge in [-0.3, -0.25) is 4.79 Å². The van der Waals surface area contributed by atoms with Gasteiger partial charge in [0.1, 0.15) is 6.04 Å². The highest BCUT2D eigenvalue weighted by atomic mass is 16.4. The van der Waals surface area contributed by atoms with Gasteiger partial charge in [0.05, 0.1) is 0 Å². The van der Waals surface area contributed by atoms with Crippen LogP contribution in [-0.4, -0.2) is 37.6 Å². The standard InChI is InChI=1S/C33H32N4O3/c1-33(2,3)25-14-12-23(13-15-25)31(38)36-28(32(39)40)18-21-8-10-22(11-9-21)30-34-19-24(20-35-30)26-6-5-7-29-27(26)16-17-37(29)4/h5-17,19-20,28H,18H2,1-4H3,(H,36,38)(H,39,40). The van der Waals surface area contributed by atoms with Crippen molar-refractivity contribution in [1.29, 1.82) is 0 Å². The van der Waals surface area contributed by atoms with Gasteiger partial charge >= 0.3 is 5.97 Å². The largest absolute Gasteiger partial charge is 0.480 e. The van der Waals surface area contributed by atoms with Crippen molar-refractivity contribution in [1.82, 2.24) is 19.9 Å². The maximum atomic E-state index is 12.8. The maximum absolute atomic E-state index is 12.8. The number of benzene rings is 3. The Hall–Kier alpha value is -4.78. The smallest absolute Gasteiger partial charge is 0.326 e. The SMILES string of the molecule is Cn1ccc2c(-c3cnc(-c4ccc(CC(NC(=O)c5ccc(C(C)(C)C)cc5)C(=O)O)cc4)nc3)cccc21. The van der Waals surface area contributed by atoms with Crippen LogP contribution >= 0.6 is 0 Å². The molecule has 40 heavy (non-hydrogen) atoms. The number of carbonyl (C=O) groups is 2. The number of carboxylic acid groups (broad SMARTS) is 1. The van der Waals surface area contributed by atoms with Crippen LogP contribution in [0.1, 0.15) is 42.3 Å². The van der Waals surface area contributed by atoms with E-state index in [1.54, 1.807) is 12.1 Å². The second-order valence-electron chi connectivity index (χ2n) is 11.1. The average molecular weight is 533 g/mol. The molecule has 7 nitrogen and oxygen atoms in total. The van der Waals surface area contributed by atoms with Crippen molar-refractivity contribution >= 4 is 22.8 Å². The van der Waals surface area contributed by atoms with Crippen molar-refractivity contribution in [3.05, 3.63) is 108 Å². The number of aromatic nitrogens is 3. The van der Waals surface area contributed by atoms with Gasteiger partial charge in [0.25, 0.3) is 5.91 Å². The summed E-state index contributed by atoms with van der Waals surface area (Å²) < 4.78 is 2.08. The molecule has 0 spiro atoms. The Labute approximate surface area is 233 Å². The fraction of sp³-hybridized carbons (Fsp3) is 0.212. The van der Waals surface area contributed by atoms with E-state index in [4.69, 9.17) is 0 Å². The van der Waals surface area contributed by atoms with E-state index in [1.165, 1.54) is 0 Å². The number of nitrogens with one attached hydrogen (secondary N) is 1. The van der Waals surface area contributed by atoms with Crippen LogP contribution in [0.3, 0.4) is 0 Å². The van der Waals surface area contributed by atoms with Crippen LogP contribution in [-0.2, 0) is 23.7 Å². The molecule has 2 heterocycles. The summed E-state index contributed by atoms with van der Waals surface area (Å²) in [6, 6.07) is 21.9. The quantitative estimate of drug-likeness (QED) is 0.267. The fourth-order valence-electron chi connectivity index (χ4n) is 4.76. The minimum Gasteiger partial charge on any atom is -0.480 e. The van der Waals surface area contributed by atoms with E-state index in [0.717, 1.165) is 38.7 Å². The number of nitrogens with zero attached hydrogens (tertiary/aromatic N) is 3. The van der Waals surface area contributed by atoms with E-state index < -0.39 is 17.9 Å². The van der Waals surface area contributed by atoms with Crippen LogP contribution in [0.15, 0.2) is 91.4 Å². The van der Waals surface area contributed by atoms with Gasteiger partial charge in [-0.15, -0.1) is 0 Å². The van der Waals surface area contributed by atoms with Crippen molar-refractivity contribution in [3.8, 4) is 22.5 Å². The third-order valence-corrected chi connectivity index (χ3v) is 7.16. The number of hydrogen-bond acceptors (Lipinski definition) is 4. The van der Waals surface area contributed by atoms with Gasteiger partial charge in [0.2, 0.25) is 0 Å². The number of hydrogen-bond donors (Lipinski definition) is 2. The van der Waals surface area contributed by atoms with Crippen molar-refractivity contribution in [3.63, 3.8) is 0 Å². The van der Waals surface area contributed by atoms with Gasteiger partial charge in [0.15, 0.2) is 5.82 Å². The molecule has 0 radical (unpaired) electrons. The summed E-state index contributed by atoms with van der Waals surface area (Å²) in [5.74, 6) is -0.919. The number of aryl methyl sites for hydroxylation is 1. The Morgan fingerprint density at radius 1 is 0.900 bits per heavy atom. The van der Waals surface area contributed by atoms with E-state index >= 15 is 0 Å². The molecule has 0 saturated carbocycles. The molecule has 2 aromatic heterocycles. The lowest BCUT2D eigenvalue weighted by atomic mass is 9.86. The topological polar surface area (TPSA) is 97.1 Å². The Morgan fingerprint density at radius 3 is 2.20 bits per heavy atom. The summed E-state index contributed by atoms with van der Waals surface area (Å²) in [6.45, 7) is 6.30. The van der Waals surface area contributed by atoms with E-state index in [-0.39, 0.29) is 11.8 Å². The molecule has 7 heteroatoms. The first kappa shape index (κ1) is 26.8. The highest BCUT2D eigenvalue weighted by Gasteiger charge is 2.22. The molecule has 1 atom stereocenters. The molecule has 5 aromatic rings. The summed E-state index contributed by atoms with van der Waals surface area (Å²) in [5.41, 5.74) is 6.26. The van der Waals surface area contributed by atoms with Gasteiger partial charge in [-0.05, 0) is 46.4 Å². The second kappa shape index (κ2) is 10.8. The predicted octanol–water partition coefficient (Wildman–Crippen LogP) is 6.03. The zero-order valence-electron chi connectivity index (χ0n) is 23.1. The lowest BCUT2D eigenvalue weighted by Crippen LogP contribution is -2.42. The Kier molecular flexibility index (Phi) is 7.22. The number of amides is 1. The summed E-state index contributed by atoms with van der Waals surface area (Å²) in [4.78, 5) is 33.9. The maximum Gasteiger partial charge on any atom is 0.326 e. The summed E-state index contributed by atoms with van der Waals surface area (Å²) in [6.07, 6.45) is 5.84. The average Bonchev–Trinajstić information content (AvgIpc) is 3.33. The molecule has 0 aliphatic carbocycles. The zero-order chi connectivity index (χ0) is 28.4. The molecular weight excluding hydrogens is 500 g/mol. The predicted molar refractivity (Wildman–Crippen MR) is 157 cm³/mol. The van der Waals surface area contributed by atoms with Gasteiger partial charge in [0, 0.05) is 59.7 Å².